The average molecular weight is 525 g/mol. The maximum atomic E-state index is 13.8. The monoisotopic (exact) mass is 524 g/mol. The van der Waals surface area contributed by atoms with Gasteiger partial charge in [-0.15, -0.1) is 0 Å². The Bertz CT molecular complexity index is 1440. The van der Waals surface area contributed by atoms with E-state index in [-0.39, 0.29) is 12.3 Å². The van der Waals surface area contributed by atoms with E-state index in [9.17, 15) is 9.59 Å². The van der Waals surface area contributed by atoms with E-state index in [0.717, 1.165) is 33.4 Å². The van der Waals surface area contributed by atoms with Crippen LogP contribution < -0.4 is 11.1 Å². The predicted octanol–water partition coefficient (Wildman–Crippen LogP) is 6.29. The van der Waals surface area contributed by atoms with Crippen LogP contribution in [0.1, 0.15) is 28.7 Å². The molecule has 0 radical (unpaired) electrons. The summed E-state index contributed by atoms with van der Waals surface area (Å²) in [5.41, 5.74) is 11.2. The minimum atomic E-state index is -0.838. The van der Waals surface area contributed by atoms with Crippen molar-refractivity contribution in [2.75, 3.05) is 0 Å². The van der Waals surface area contributed by atoms with Crippen LogP contribution in [0, 0.1) is 0 Å². The van der Waals surface area contributed by atoms with Crippen LogP contribution >= 0.6 is 0 Å². The van der Waals surface area contributed by atoms with Gasteiger partial charge in [-0.05, 0) is 33.4 Å². The smallest absolute Gasteiger partial charge is 0.240 e. The van der Waals surface area contributed by atoms with Gasteiger partial charge in [0, 0.05) is 12.8 Å². The van der Waals surface area contributed by atoms with Gasteiger partial charge in [-0.3, -0.25) is 9.59 Å². The van der Waals surface area contributed by atoms with Gasteiger partial charge in [0.15, 0.2) is 0 Å². The van der Waals surface area contributed by atoms with Crippen LogP contribution in [0.15, 0.2) is 146 Å². The van der Waals surface area contributed by atoms with Crippen LogP contribution in [-0.4, -0.2) is 17.9 Å². The van der Waals surface area contributed by atoms with Crippen molar-refractivity contribution in [3.05, 3.63) is 168 Å². The lowest BCUT2D eigenvalue weighted by atomic mass is 9.67. The number of carbonyl (C=O) groups is 2. The minimum Gasteiger partial charge on any atom is -0.368 e. The molecule has 0 saturated heterocycles. The van der Waals surface area contributed by atoms with Gasteiger partial charge in [-0.2, -0.15) is 0 Å². The molecular weight excluding hydrogens is 492 g/mol. The molecule has 0 aliphatic heterocycles. The maximum absolute atomic E-state index is 13.8. The lowest BCUT2D eigenvalue weighted by molar-refractivity contribution is -0.127. The summed E-state index contributed by atoms with van der Waals surface area (Å²) in [6.45, 7) is 0. The van der Waals surface area contributed by atoms with Crippen molar-refractivity contribution in [1.82, 2.24) is 5.32 Å². The second kappa shape index (κ2) is 12.3. The number of carbonyl (C=O) groups excluding carboxylic acids is 2. The Balaban J connectivity index is 1.43. The van der Waals surface area contributed by atoms with E-state index in [0.29, 0.717) is 6.42 Å². The van der Waals surface area contributed by atoms with Crippen LogP contribution in [0.25, 0.3) is 11.1 Å². The molecule has 4 heteroatoms. The third kappa shape index (κ3) is 5.87. The first-order chi connectivity index (χ1) is 19.6. The molecule has 0 aliphatic carbocycles. The topological polar surface area (TPSA) is 72.2 Å². The summed E-state index contributed by atoms with van der Waals surface area (Å²) < 4.78 is 0. The fourth-order valence-electron chi connectivity index (χ4n) is 5.38. The summed E-state index contributed by atoms with van der Waals surface area (Å²) in [7, 11) is 0. The highest BCUT2D eigenvalue weighted by Gasteiger charge is 2.39. The molecule has 0 aromatic heterocycles. The average Bonchev–Trinajstić information content (AvgIpc) is 3.01. The van der Waals surface area contributed by atoms with E-state index in [1.165, 1.54) is 0 Å². The Hall–Kier alpha value is -4.96. The standard InChI is InChI=1S/C36H32N2O2/c37-35(40)33(25-27-21-23-29(24-22-27)28-13-5-1-6-14-28)38-34(39)26-36(30-15-7-2-8-16-30,31-17-9-3-10-18-31)32-19-11-4-12-20-32/h1-24,33H,25-26H2,(H2,37,40)(H,38,39)/t33-/m0/s1. The van der Waals surface area contributed by atoms with Crippen LogP contribution in [0.4, 0.5) is 0 Å². The second-order valence-corrected chi connectivity index (χ2v) is 9.97. The zero-order chi connectivity index (χ0) is 27.8. The Labute approximate surface area is 235 Å². The van der Waals surface area contributed by atoms with Gasteiger partial charge >= 0.3 is 0 Å². The van der Waals surface area contributed by atoms with E-state index in [4.69, 9.17) is 5.73 Å². The third-order valence-electron chi connectivity index (χ3n) is 7.41. The summed E-state index contributed by atoms with van der Waals surface area (Å²) in [4.78, 5) is 26.3. The minimum absolute atomic E-state index is 0.113. The molecule has 0 spiro atoms. The molecule has 198 valence electrons. The molecule has 0 saturated carbocycles. The number of hydrogen-bond donors (Lipinski definition) is 2. The molecule has 1 atom stereocenters. The summed E-state index contributed by atoms with van der Waals surface area (Å²) >= 11 is 0. The van der Waals surface area contributed by atoms with E-state index in [2.05, 4.69) is 17.4 Å². The molecular formula is C36H32N2O2. The van der Waals surface area contributed by atoms with Crippen LogP contribution in [-0.2, 0) is 21.4 Å². The molecule has 0 heterocycles. The van der Waals surface area contributed by atoms with Crippen molar-refractivity contribution in [3.8, 4) is 11.1 Å². The summed E-state index contributed by atoms with van der Waals surface area (Å²) in [6.07, 6.45) is 0.424. The fraction of sp³-hybridized carbons (Fsp3) is 0.111. The quantitative estimate of drug-likeness (QED) is 0.211. The predicted molar refractivity (Wildman–Crippen MR) is 161 cm³/mol. The first-order valence-electron chi connectivity index (χ1n) is 13.5. The Morgan fingerprint density at radius 1 is 0.575 bits per heavy atom. The van der Waals surface area contributed by atoms with E-state index in [1.54, 1.807) is 0 Å². The summed E-state index contributed by atoms with van der Waals surface area (Å²) in [6, 6.07) is 47.4. The van der Waals surface area contributed by atoms with Crippen LogP contribution in [0.5, 0.6) is 0 Å². The molecule has 5 aromatic rings. The number of rotatable bonds is 10. The highest BCUT2D eigenvalue weighted by molar-refractivity contribution is 5.88. The van der Waals surface area contributed by atoms with Gasteiger partial charge in [0.05, 0.1) is 5.41 Å². The lowest BCUT2D eigenvalue weighted by Gasteiger charge is -2.36. The van der Waals surface area contributed by atoms with Crippen molar-refractivity contribution >= 4 is 11.8 Å². The summed E-state index contributed by atoms with van der Waals surface area (Å²) in [5, 5.41) is 2.96. The van der Waals surface area contributed by atoms with Crippen molar-refractivity contribution in [1.29, 1.82) is 0 Å². The van der Waals surface area contributed by atoms with Gasteiger partial charge in [-0.1, -0.05) is 146 Å². The van der Waals surface area contributed by atoms with Gasteiger partial charge in [-0.25, -0.2) is 0 Å². The van der Waals surface area contributed by atoms with E-state index in [1.807, 2.05) is 133 Å². The molecule has 3 N–H and O–H groups in total. The molecule has 5 rings (SSSR count). The molecule has 0 bridgehead atoms. The number of primary amides is 1. The zero-order valence-electron chi connectivity index (χ0n) is 22.2. The highest BCUT2D eigenvalue weighted by Crippen LogP contribution is 2.42. The largest absolute Gasteiger partial charge is 0.368 e. The van der Waals surface area contributed by atoms with Crippen molar-refractivity contribution < 1.29 is 9.59 Å². The number of amides is 2. The fourth-order valence-corrected chi connectivity index (χ4v) is 5.38. The second-order valence-electron chi connectivity index (χ2n) is 9.97. The molecule has 5 aromatic carbocycles. The SMILES string of the molecule is NC(=O)[C@H](Cc1ccc(-c2ccccc2)cc1)NC(=O)CC(c1ccccc1)(c1ccccc1)c1ccccc1. The van der Waals surface area contributed by atoms with Gasteiger partial charge in [0.2, 0.25) is 11.8 Å². The maximum Gasteiger partial charge on any atom is 0.240 e. The molecule has 0 aliphatic rings. The van der Waals surface area contributed by atoms with E-state index >= 15 is 0 Å². The zero-order valence-corrected chi connectivity index (χ0v) is 22.2. The first-order valence-corrected chi connectivity index (χ1v) is 13.5. The Kier molecular flexibility index (Phi) is 8.17. The van der Waals surface area contributed by atoms with Crippen molar-refractivity contribution in [3.63, 3.8) is 0 Å². The third-order valence-corrected chi connectivity index (χ3v) is 7.41. The highest BCUT2D eigenvalue weighted by atomic mass is 16.2. The Morgan fingerprint density at radius 3 is 1.40 bits per heavy atom. The molecule has 2 amide bonds. The van der Waals surface area contributed by atoms with Crippen molar-refractivity contribution in [2.24, 2.45) is 5.73 Å². The Morgan fingerprint density at radius 2 is 0.975 bits per heavy atom. The van der Waals surface area contributed by atoms with Crippen molar-refractivity contribution in [2.45, 2.75) is 24.3 Å². The molecule has 40 heavy (non-hydrogen) atoms. The van der Waals surface area contributed by atoms with Crippen LogP contribution in [0.2, 0.25) is 0 Å². The number of benzene rings is 5. The number of nitrogens with one attached hydrogen (secondary N) is 1. The lowest BCUT2D eigenvalue weighted by Crippen LogP contribution is -2.48. The van der Waals surface area contributed by atoms with Gasteiger partial charge in [0.1, 0.15) is 6.04 Å². The molecule has 0 fully saturated rings. The van der Waals surface area contributed by atoms with Gasteiger partial charge < -0.3 is 11.1 Å². The first kappa shape index (κ1) is 26.6. The molecule has 0 unspecified atom stereocenters. The van der Waals surface area contributed by atoms with Gasteiger partial charge in [0.25, 0.3) is 0 Å². The normalized spacial score (nSPS) is 11.9. The number of hydrogen-bond acceptors (Lipinski definition) is 2. The van der Waals surface area contributed by atoms with Crippen LogP contribution in [0.3, 0.4) is 0 Å². The summed E-state index contributed by atoms with van der Waals surface area (Å²) in [5.74, 6) is -0.813. The molecule has 4 nitrogen and oxygen atoms in total. The number of nitrogens with two attached hydrogens (primary N) is 1. The van der Waals surface area contributed by atoms with E-state index < -0.39 is 17.4 Å².